The molecule has 0 heterocycles. The highest BCUT2D eigenvalue weighted by molar-refractivity contribution is 7.89. The Morgan fingerprint density at radius 1 is 1.26 bits per heavy atom. The molecule has 0 radical (unpaired) electrons. The van der Waals surface area contributed by atoms with Gasteiger partial charge in [0.1, 0.15) is 0 Å². The van der Waals surface area contributed by atoms with Crippen molar-refractivity contribution < 1.29 is 8.42 Å². The molecule has 1 fully saturated rings. The largest absolute Gasteiger partial charge is 0.313 e. The van der Waals surface area contributed by atoms with Crippen molar-refractivity contribution >= 4 is 10.0 Å². The zero-order valence-corrected chi connectivity index (χ0v) is 12.3. The van der Waals surface area contributed by atoms with Crippen molar-refractivity contribution in [3.8, 4) is 0 Å². The van der Waals surface area contributed by atoms with Gasteiger partial charge in [0, 0.05) is 24.5 Å². The van der Waals surface area contributed by atoms with E-state index in [4.69, 9.17) is 0 Å². The lowest BCUT2D eigenvalue weighted by molar-refractivity contribution is 0.565. The fourth-order valence-electron chi connectivity index (χ4n) is 2.17. The van der Waals surface area contributed by atoms with E-state index in [0.717, 1.165) is 6.42 Å². The molecule has 0 spiro atoms. The van der Waals surface area contributed by atoms with Crippen LogP contribution in [0.1, 0.15) is 31.7 Å². The molecule has 19 heavy (non-hydrogen) atoms. The normalized spacial score (nSPS) is 22.7. The Balaban J connectivity index is 1.80. The van der Waals surface area contributed by atoms with Crippen LogP contribution in [0.2, 0.25) is 0 Å². The summed E-state index contributed by atoms with van der Waals surface area (Å²) in [5.74, 6) is 0.484. The molecule has 2 rings (SSSR count). The van der Waals surface area contributed by atoms with Crippen molar-refractivity contribution in [1.29, 1.82) is 0 Å². The highest BCUT2D eigenvalue weighted by Gasteiger charge is 2.40. The van der Waals surface area contributed by atoms with Gasteiger partial charge in [-0.05, 0) is 12.0 Å². The first-order chi connectivity index (χ1) is 8.98. The SMILES string of the molecule is CC(C)NCCS(=O)(=O)NC1CC1c1ccccc1. The van der Waals surface area contributed by atoms with Crippen molar-refractivity contribution in [2.45, 2.75) is 38.3 Å². The molecule has 0 bridgehead atoms. The van der Waals surface area contributed by atoms with Gasteiger partial charge in [-0.3, -0.25) is 0 Å². The van der Waals surface area contributed by atoms with Gasteiger partial charge in [-0.25, -0.2) is 13.1 Å². The third kappa shape index (κ3) is 4.60. The Bertz CT molecular complexity index is 499. The van der Waals surface area contributed by atoms with Crippen molar-refractivity contribution in [1.82, 2.24) is 10.0 Å². The molecular formula is C14H22N2O2S. The second-order valence-electron chi connectivity index (χ2n) is 5.40. The van der Waals surface area contributed by atoms with E-state index in [0.29, 0.717) is 18.5 Å². The van der Waals surface area contributed by atoms with Crippen LogP contribution in [0.3, 0.4) is 0 Å². The molecular weight excluding hydrogens is 260 g/mol. The summed E-state index contributed by atoms with van der Waals surface area (Å²) < 4.78 is 26.6. The minimum absolute atomic E-state index is 0.0754. The van der Waals surface area contributed by atoms with E-state index in [2.05, 4.69) is 22.2 Å². The minimum Gasteiger partial charge on any atom is -0.313 e. The van der Waals surface area contributed by atoms with Crippen LogP contribution >= 0.6 is 0 Å². The third-order valence-electron chi connectivity index (χ3n) is 3.27. The van der Waals surface area contributed by atoms with E-state index in [1.54, 1.807) is 0 Å². The monoisotopic (exact) mass is 282 g/mol. The summed E-state index contributed by atoms with van der Waals surface area (Å²) in [5.41, 5.74) is 1.22. The molecule has 2 N–H and O–H groups in total. The number of hydrogen-bond acceptors (Lipinski definition) is 3. The Kier molecular flexibility index (Phi) is 4.60. The summed E-state index contributed by atoms with van der Waals surface area (Å²) in [6, 6.07) is 10.5. The molecule has 0 aliphatic heterocycles. The van der Waals surface area contributed by atoms with Gasteiger partial charge < -0.3 is 5.32 Å². The average Bonchev–Trinajstić information content (AvgIpc) is 3.07. The van der Waals surface area contributed by atoms with Crippen LogP contribution in [0.4, 0.5) is 0 Å². The van der Waals surface area contributed by atoms with Crippen LogP contribution in [0.25, 0.3) is 0 Å². The lowest BCUT2D eigenvalue weighted by atomic mass is 10.1. The van der Waals surface area contributed by atoms with Gasteiger partial charge >= 0.3 is 0 Å². The second kappa shape index (κ2) is 6.03. The van der Waals surface area contributed by atoms with E-state index in [1.165, 1.54) is 5.56 Å². The van der Waals surface area contributed by atoms with Crippen molar-refractivity contribution in [3.63, 3.8) is 0 Å². The predicted molar refractivity (Wildman–Crippen MR) is 77.6 cm³/mol. The summed E-state index contributed by atoms with van der Waals surface area (Å²) in [5, 5.41) is 3.12. The molecule has 106 valence electrons. The molecule has 2 atom stereocenters. The van der Waals surface area contributed by atoms with E-state index in [9.17, 15) is 8.42 Å². The molecule has 1 aliphatic rings. The molecule has 0 aromatic heterocycles. The number of sulfonamides is 1. The van der Waals surface area contributed by atoms with E-state index in [-0.39, 0.29) is 11.8 Å². The maximum absolute atomic E-state index is 11.9. The van der Waals surface area contributed by atoms with E-state index >= 15 is 0 Å². The lowest BCUT2D eigenvalue weighted by Crippen LogP contribution is -2.35. The fourth-order valence-corrected chi connectivity index (χ4v) is 3.39. The maximum Gasteiger partial charge on any atom is 0.213 e. The van der Waals surface area contributed by atoms with Crippen LogP contribution in [-0.2, 0) is 10.0 Å². The smallest absolute Gasteiger partial charge is 0.213 e. The van der Waals surface area contributed by atoms with Crippen LogP contribution < -0.4 is 10.0 Å². The van der Waals surface area contributed by atoms with E-state index in [1.807, 2.05) is 32.0 Å². The Morgan fingerprint density at radius 2 is 1.95 bits per heavy atom. The molecule has 1 saturated carbocycles. The average molecular weight is 282 g/mol. The van der Waals surface area contributed by atoms with Gasteiger partial charge in [-0.15, -0.1) is 0 Å². The van der Waals surface area contributed by atoms with Crippen molar-refractivity contribution in [2.75, 3.05) is 12.3 Å². The highest BCUT2D eigenvalue weighted by atomic mass is 32.2. The molecule has 1 aromatic rings. The minimum atomic E-state index is -3.17. The number of rotatable bonds is 7. The second-order valence-corrected chi connectivity index (χ2v) is 7.28. The molecule has 0 saturated heterocycles. The van der Waals surface area contributed by atoms with Gasteiger partial charge in [0.25, 0.3) is 0 Å². The first-order valence-corrected chi connectivity index (χ1v) is 8.41. The molecule has 1 aromatic carbocycles. The summed E-state index contributed by atoms with van der Waals surface area (Å²) in [4.78, 5) is 0. The maximum atomic E-state index is 11.9. The molecule has 4 nitrogen and oxygen atoms in total. The van der Waals surface area contributed by atoms with E-state index < -0.39 is 10.0 Å². The Labute approximate surface area is 115 Å². The first-order valence-electron chi connectivity index (χ1n) is 6.76. The van der Waals surface area contributed by atoms with Gasteiger partial charge in [0.2, 0.25) is 10.0 Å². The fraction of sp³-hybridized carbons (Fsp3) is 0.571. The van der Waals surface area contributed by atoms with Crippen molar-refractivity contribution in [2.24, 2.45) is 0 Å². The topological polar surface area (TPSA) is 58.2 Å². The van der Waals surface area contributed by atoms with Gasteiger partial charge in [-0.2, -0.15) is 0 Å². The highest BCUT2D eigenvalue weighted by Crippen LogP contribution is 2.40. The van der Waals surface area contributed by atoms with Crippen LogP contribution in [0.15, 0.2) is 30.3 Å². The first kappa shape index (κ1) is 14.5. The van der Waals surface area contributed by atoms with Crippen LogP contribution in [-0.4, -0.2) is 32.8 Å². The van der Waals surface area contributed by atoms with Gasteiger partial charge in [0.05, 0.1) is 5.75 Å². The molecule has 0 amide bonds. The number of hydrogen-bond donors (Lipinski definition) is 2. The third-order valence-corrected chi connectivity index (χ3v) is 4.68. The van der Waals surface area contributed by atoms with Crippen LogP contribution in [0, 0.1) is 0 Å². The van der Waals surface area contributed by atoms with Gasteiger partial charge in [0.15, 0.2) is 0 Å². The van der Waals surface area contributed by atoms with Crippen LogP contribution in [0.5, 0.6) is 0 Å². The predicted octanol–water partition coefficient (Wildman–Crippen LogP) is 1.46. The Morgan fingerprint density at radius 3 is 2.58 bits per heavy atom. The molecule has 1 aliphatic carbocycles. The summed E-state index contributed by atoms with van der Waals surface area (Å²) in [6.07, 6.45) is 0.904. The summed E-state index contributed by atoms with van der Waals surface area (Å²) in [7, 11) is -3.17. The van der Waals surface area contributed by atoms with Gasteiger partial charge in [-0.1, -0.05) is 44.2 Å². The number of nitrogens with one attached hydrogen (secondary N) is 2. The molecule has 2 unspecified atom stereocenters. The Hall–Kier alpha value is -0.910. The summed E-state index contributed by atoms with van der Waals surface area (Å²) >= 11 is 0. The lowest BCUT2D eigenvalue weighted by Gasteiger charge is -2.09. The molecule has 5 heteroatoms. The number of benzene rings is 1. The van der Waals surface area contributed by atoms with Crippen molar-refractivity contribution in [3.05, 3.63) is 35.9 Å². The zero-order valence-electron chi connectivity index (χ0n) is 11.5. The summed E-state index contributed by atoms with van der Waals surface area (Å²) in [6.45, 7) is 4.51. The standard InChI is InChI=1S/C14H22N2O2S/c1-11(2)15-8-9-19(17,18)16-14-10-13(14)12-6-4-3-5-7-12/h3-7,11,13-16H,8-10H2,1-2H3. The zero-order chi connectivity index (χ0) is 13.9. The quantitative estimate of drug-likeness (QED) is 0.796.